The predicted octanol–water partition coefficient (Wildman–Crippen LogP) is 2.12. The van der Waals surface area contributed by atoms with Gasteiger partial charge < -0.3 is 14.5 Å². The van der Waals surface area contributed by atoms with Gasteiger partial charge in [-0.25, -0.2) is 4.98 Å². The lowest BCUT2D eigenvalue weighted by Crippen LogP contribution is -2.49. The molecule has 4 rings (SSSR count). The van der Waals surface area contributed by atoms with Crippen LogP contribution in [-0.4, -0.2) is 54.7 Å². The first kappa shape index (κ1) is 14.0. The zero-order chi connectivity index (χ0) is 14.9. The Balaban J connectivity index is 1.58. The molecule has 3 heterocycles. The van der Waals surface area contributed by atoms with E-state index in [2.05, 4.69) is 11.0 Å². The maximum Gasteiger partial charge on any atom is 0.245 e. The van der Waals surface area contributed by atoms with E-state index >= 15 is 0 Å². The van der Waals surface area contributed by atoms with Crippen LogP contribution in [0.15, 0.2) is 24.3 Å². The first-order valence-corrected chi connectivity index (χ1v) is 8.63. The van der Waals surface area contributed by atoms with Crippen LogP contribution in [0.5, 0.6) is 0 Å². The maximum atomic E-state index is 12.8. The average Bonchev–Trinajstić information content (AvgIpc) is 3.21. The highest BCUT2D eigenvalue weighted by Crippen LogP contribution is 2.33. The molecule has 0 saturated carbocycles. The van der Waals surface area contributed by atoms with Gasteiger partial charge in [0.2, 0.25) is 5.91 Å². The molecule has 116 valence electrons. The van der Waals surface area contributed by atoms with E-state index in [0.29, 0.717) is 26.3 Å². The number of thiazole rings is 1. The highest BCUT2D eigenvalue weighted by Gasteiger charge is 2.35. The lowest BCUT2D eigenvalue weighted by molar-refractivity contribution is -0.136. The van der Waals surface area contributed by atoms with Crippen molar-refractivity contribution in [3.05, 3.63) is 24.3 Å². The van der Waals surface area contributed by atoms with Crippen molar-refractivity contribution in [2.75, 3.05) is 37.7 Å². The Bertz CT molecular complexity index is 648. The molecule has 2 aromatic rings. The summed E-state index contributed by atoms with van der Waals surface area (Å²) in [6.45, 7) is 3.64. The summed E-state index contributed by atoms with van der Waals surface area (Å²) in [7, 11) is 0. The first-order valence-electron chi connectivity index (χ1n) is 7.82. The third-order valence-corrected chi connectivity index (χ3v) is 5.46. The van der Waals surface area contributed by atoms with E-state index in [4.69, 9.17) is 9.72 Å². The van der Waals surface area contributed by atoms with Gasteiger partial charge in [-0.05, 0) is 25.0 Å². The quantitative estimate of drug-likeness (QED) is 0.851. The molecule has 1 unspecified atom stereocenters. The standard InChI is InChI=1S/C16H19N3O2S/c20-15(18-8-10-21-11-9-18)13-5-3-7-19(13)16-17-12-4-1-2-6-14(12)22-16/h1-2,4,6,13H,3,5,7-11H2. The van der Waals surface area contributed by atoms with Crippen molar-refractivity contribution in [2.45, 2.75) is 18.9 Å². The minimum absolute atomic E-state index is 0.0568. The monoisotopic (exact) mass is 317 g/mol. The molecule has 6 heteroatoms. The number of amides is 1. The molecule has 0 radical (unpaired) electrons. The molecule has 2 aliphatic rings. The minimum Gasteiger partial charge on any atom is -0.378 e. The molecule has 22 heavy (non-hydrogen) atoms. The van der Waals surface area contributed by atoms with E-state index in [-0.39, 0.29) is 11.9 Å². The molecule has 2 fully saturated rings. The van der Waals surface area contributed by atoms with Crippen molar-refractivity contribution in [3.8, 4) is 0 Å². The molecule has 0 spiro atoms. The second-order valence-corrected chi connectivity index (χ2v) is 6.76. The summed E-state index contributed by atoms with van der Waals surface area (Å²) >= 11 is 1.68. The molecule has 5 nitrogen and oxygen atoms in total. The predicted molar refractivity (Wildman–Crippen MR) is 87.4 cm³/mol. The van der Waals surface area contributed by atoms with E-state index in [1.807, 2.05) is 23.1 Å². The Morgan fingerprint density at radius 3 is 2.86 bits per heavy atom. The van der Waals surface area contributed by atoms with Crippen molar-refractivity contribution < 1.29 is 9.53 Å². The fraction of sp³-hybridized carbons (Fsp3) is 0.500. The number of rotatable bonds is 2. The Morgan fingerprint density at radius 2 is 2.05 bits per heavy atom. The molecular formula is C16H19N3O2S. The van der Waals surface area contributed by atoms with Crippen LogP contribution in [0.1, 0.15) is 12.8 Å². The molecule has 0 N–H and O–H groups in total. The number of ether oxygens (including phenoxy) is 1. The normalized spacial score (nSPS) is 22.5. The SMILES string of the molecule is O=C(C1CCCN1c1nc2ccccc2s1)N1CCOCC1. The lowest BCUT2D eigenvalue weighted by atomic mass is 10.2. The fourth-order valence-corrected chi connectivity index (χ4v) is 4.27. The summed E-state index contributed by atoms with van der Waals surface area (Å²) in [4.78, 5) is 21.7. The second-order valence-electron chi connectivity index (χ2n) is 5.75. The number of hydrogen-bond donors (Lipinski definition) is 0. The second kappa shape index (κ2) is 5.85. The number of benzene rings is 1. The molecule has 2 saturated heterocycles. The summed E-state index contributed by atoms with van der Waals surface area (Å²) in [6, 6.07) is 8.10. The van der Waals surface area contributed by atoms with Gasteiger partial charge in [0.05, 0.1) is 23.4 Å². The summed E-state index contributed by atoms with van der Waals surface area (Å²) in [6.07, 6.45) is 1.97. The third kappa shape index (κ3) is 2.46. The van der Waals surface area contributed by atoms with Crippen molar-refractivity contribution in [1.29, 1.82) is 0 Å². The number of fused-ring (bicyclic) bond motifs is 1. The van der Waals surface area contributed by atoms with Crippen LogP contribution in [0, 0.1) is 0 Å². The van der Waals surface area contributed by atoms with Crippen molar-refractivity contribution in [1.82, 2.24) is 9.88 Å². The van der Waals surface area contributed by atoms with E-state index in [0.717, 1.165) is 30.0 Å². The van der Waals surface area contributed by atoms with Gasteiger partial charge in [-0.15, -0.1) is 0 Å². The van der Waals surface area contributed by atoms with Gasteiger partial charge in [-0.3, -0.25) is 4.79 Å². The molecule has 2 aliphatic heterocycles. The Kier molecular flexibility index (Phi) is 3.72. The van der Waals surface area contributed by atoms with Crippen molar-refractivity contribution >= 4 is 32.6 Å². The summed E-state index contributed by atoms with van der Waals surface area (Å²) in [5.41, 5.74) is 1.02. The number of nitrogens with zero attached hydrogens (tertiary/aromatic N) is 3. The number of hydrogen-bond acceptors (Lipinski definition) is 5. The van der Waals surface area contributed by atoms with E-state index in [1.165, 1.54) is 4.70 Å². The number of carbonyl (C=O) groups is 1. The number of anilines is 1. The van der Waals surface area contributed by atoms with E-state index in [1.54, 1.807) is 11.3 Å². The van der Waals surface area contributed by atoms with Gasteiger partial charge in [0.15, 0.2) is 5.13 Å². The Hall–Kier alpha value is -1.66. The zero-order valence-corrected chi connectivity index (χ0v) is 13.2. The molecule has 0 bridgehead atoms. The largest absolute Gasteiger partial charge is 0.378 e. The van der Waals surface area contributed by atoms with Gasteiger partial charge in [-0.1, -0.05) is 23.5 Å². The topological polar surface area (TPSA) is 45.7 Å². The van der Waals surface area contributed by atoms with Gasteiger partial charge in [0, 0.05) is 19.6 Å². The van der Waals surface area contributed by atoms with Crippen LogP contribution in [0.25, 0.3) is 10.2 Å². The van der Waals surface area contributed by atoms with Crippen LogP contribution >= 0.6 is 11.3 Å². The van der Waals surface area contributed by atoms with E-state index in [9.17, 15) is 4.79 Å². The molecular weight excluding hydrogens is 298 g/mol. The van der Waals surface area contributed by atoms with Gasteiger partial charge in [0.1, 0.15) is 6.04 Å². The van der Waals surface area contributed by atoms with Crippen LogP contribution in [-0.2, 0) is 9.53 Å². The third-order valence-electron chi connectivity index (χ3n) is 4.39. The molecule has 1 aromatic heterocycles. The number of morpholine rings is 1. The Morgan fingerprint density at radius 1 is 1.23 bits per heavy atom. The van der Waals surface area contributed by atoms with Crippen molar-refractivity contribution in [3.63, 3.8) is 0 Å². The zero-order valence-electron chi connectivity index (χ0n) is 12.4. The number of carbonyl (C=O) groups excluding carboxylic acids is 1. The summed E-state index contributed by atoms with van der Waals surface area (Å²) in [5.74, 6) is 0.236. The highest BCUT2D eigenvalue weighted by atomic mass is 32.1. The lowest BCUT2D eigenvalue weighted by Gasteiger charge is -2.32. The van der Waals surface area contributed by atoms with Crippen LogP contribution in [0.2, 0.25) is 0 Å². The molecule has 1 amide bonds. The first-order chi connectivity index (χ1) is 10.8. The van der Waals surface area contributed by atoms with Gasteiger partial charge in [0.25, 0.3) is 0 Å². The summed E-state index contributed by atoms with van der Waals surface area (Å²) < 4.78 is 6.53. The van der Waals surface area contributed by atoms with Crippen LogP contribution in [0.4, 0.5) is 5.13 Å². The molecule has 1 aromatic carbocycles. The maximum absolute atomic E-state index is 12.8. The molecule has 1 atom stereocenters. The average molecular weight is 317 g/mol. The van der Waals surface area contributed by atoms with E-state index < -0.39 is 0 Å². The van der Waals surface area contributed by atoms with Crippen LogP contribution in [0.3, 0.4) is 0 Å². The van der Waals surface area contributed by atoms with Gasteiger partial charge >= 0.3 is 0 Å². The minimum atomic E-state index is -0.0568. The highest BCUT2D eigenvalue weighted by molar-refractivity contribution is 7.22. The smallest absolute Gasteiger partial charge is 0.245 e. The Labute approximate surface area is 133 Å². The van der Waals surface area contributed by atoms with Gasteiger partial charge in [-0.2, -0.15) is 0 Å². The van der Waals surface area contributed by atoms with Crippen molar-refractivity contribution in [2.24, 2.45) is 0 Å². The fourth-order valence-electron chi connectivity index (χ4n) is 3.23. The number of para-hydroxylation sites is 1. The number of aromatic nitrogens is 1. The molecule has 0 aliphatic carbocycles. The summed E-state index contributed by atoms with van der Waals surface area (Å²) in [5, 5.41) is 0.977. The van der Waals surface area contributed by atoms with Crippen LogP contribution < -0.4 is 4.90 Å².